The fourth-order valence-electron chi connectivity index (χ4n) is 1.90. The monoisotopic (exact) mass is 351 g/mol. The number of anilines is 1. The van der Waals surface area contributed by atoms with E-state index in [1.807, 2.05) is 0 Å². The third-order valence-electron chi connectivity index (χ3n) is 2.92. The fraction of sp³-hybridized carbons (Fsp3) is 0.200. The molecular weight excluding hydrogens is 337 g/mol. The van der Waals surface area contributed by atoms with E-state index in [0.29, 0.717) is 11.4 Å². The van der Waals surface area contributed by atoms with Gasteiger partial charge in [-0.1, -0.05) is 17.8 Å². The normalized spacial score (nSPS) is 10.3. The van der Waals surface area contributed by atoms with Crippen LogP contribution in [0.15, 0.2) is 34.1 Å². The van der Waals surface area contributed by atoms with Crippen LogP contribution < -0.4 is 11.0 Å². The fourth-order valence-corrected chi connectivity index (χ4v) is 2.77. The second-order valence-corrected chi connectivity index (χ2v) is 5.65. The Balaban J connectivity index is 2.12. The van der Waals surface area contributed by atoms with Crippen molar-refractivity contribution in [3.8, 4) is 0 Å². The molecule has 0 bridgehead atoms. The van der Waals surface area contributed by atoms with E-state index in [0.717, 1.165) is 11.8 Å². The number of esters is 1. The average molecular weight is 351 g/mol. The van der Waals surface area contributed by atoms with Crippen LogP contribution in [0.25, 0.3) is 0 Å². The van der Waals surface area contributed by atoms with Gasteiger partial charge in [0.05, 0.1) is 12.9 Å². The van der Waals surface area contributed by atoms with Crippen molar-refractivity contribution in [1.82, 2.24) is 9.97 Å². The summed E-state index contributed by atoms with van der Waals surface area (Å²) in [6.45, 7) is 1.53. The number of amides is 1. The summed E-state index contributed by atoms with van der Waals surface area (Å²) in [5, 5.41) is 2.61. The second kappa shape index (κ2) is 7.73. The third-order valence-corrected chi connectivity index (χ3v) is 3.90. The quantitative estimate of drug-likeness (QED) is 0.483. The Morgan fingerprint density at radius 1 is 1.42 bits per heavy atom. The number of aryl methyl sites for hydroxylation is 1. The smallest absolute Gasteiger partial charge is 0.346 e. The highest BCUT2D eigenvalue weighted by atomic mass is 32.2. The van der Waals surface area contributed by atoms with Gasteiger partial charge in [-0.2, -0.15) is 4.98 Å². The maximum Gasteiger partial charge on any atom is 0.346 e. The molecule has 126 valence electrons. The van der Waals surface area contributed by atoms with Crippen LogP contribution >= 0.6 is 11.8 Å². The van der Waals surface area contributed by atoms with Crippen molar-refractivity contribution in [2.45, 2.75) is 11.9 Å². The van der Waals surface area contributed by atoms with E-state index in [1.54, 1.807) is 6.07 Å². The lowest BCUT2D eigenvalue weighted by atomic mass is 10.2. The van der Waals surface area contributed by atoms with Gasteiger partial charge in [-0.3, -0.25) is 4.79 Å². The minimum Gasteiger partial charge on any atom is -0.465 e. The molecular formula is C15H14FN3O4S. The van der Waals surface area contributed by atoms with Crippen LogP contribution in [0.4, 0.5) is 10.1 Å². The average Bonchev–Trinajstić information content (AvgIpc) is 2.51. The second-order valence-electron chi connectivity index (χ2n) is 4.69. The van der Waals surface area contributed by atoms with E-state index in [2.05, 4.69) is 20.0 Å². The van der Waals surface area contributed by atoms with Gasteiger partial charge in [0.2, 0.25) is 5.91 Å². The third kappa shape index (κ3) is 4.42. The maximum atomic E-state index is 13.1. The Morgan fingerprint density at radius 2 is 2.17 bits per heavy atom. The van der Waals surface area contributed by atoms with Crippen molar-refractivity contribution in [2.75, 3.05) is 18.2 Å². The molecule has 1 heterocycles. The van der Waals surface area contributed by atoms with E-state index in [1.165, 1.54) is 32.2 Å². The van der Waals surface area contributed by atoms with Gasteiger partial charge in [-0.15, -0.1) is 0 Å². The number of hydrogen-bond acceptors (Lipinski definition) is 6. The van der Waals surface area contributed by atoms with Crippen LogP contribution in [-0.2, 0) is 9.53 Å². The van der Waals surface area contributed by atoms with Gasteiger partial charge in [0.25, 0.3) is 0 Å². The largest absolute Gasteiger partial charge is 0.465 e. The van der Waals surface area contributed by atoms with E-state index in [4.69, 9.17) is 0 Å². The summed E-state index contributed by atoms with van der Waals surface area (Å²) in [4.78, 5) is 41.3. The SMILES string of the molecule is COC(=O)c1c(SCC(=O)Nc2cccc(F)c2)nc(=O)[nH]c1C. The Bertz CT molecular complexity index is 838. The molecule has 24 heavy (non-hydrogen) atoms. The molecule has 1 aromatic carbocycles. The van der Waals surface area contributed by atoms with Crippen molar-refractivity contribution in [2.24, 2.45) is 0 Å². The Kier molecular flexibility index (Phi) is 5.69. The van der Waals surface area contributed by atoms with Crippen molar-refractivity contribution in [1.29, 1.82) is 0 Å². The summed E-state index contributed by atoms with van der Waals surface area (Å²) < 4.78 is 17.7. The van der Waals surface area contributed by atoms with Crippen LogP contribution in [-0.4, -0.2) is 34.7 Å². The van der Waals surface area contributed by atoms with E-state index in [9.17, 15) is 18.8 Å². The Morgan fingerprint density at radius 3 is 2.83 bits per heavy atom. The van der Waals surface area contributed by atoms with Crippen molar-refractivity contribution >= 4 is 29.3 Å². The zero-order valence-electron chi connectivity index (χ0n) is 12.9. The van der Waals surface area contributed by atoms with E-state index >= 15 is 0 Å². The maximum absolute atomic E-state index is 13.1. The zero-order chi connectivity index (χ0) is 17.7. The van der Waals surface area contributed by atoms with Gasteiger partial charge in [0.15, 0.2) is 0 Å². The number of carbonyl (C=O) groups is 2. The molecule has 2 N–H and O–H groups in total. The molecule has 0 atom stereocenters. The van der Waals surface area contributed by atoms with Gasteiger partial charge in [0, 0.05) is 11.4 Å². The number of nitrogens with one attached hydrogen (secondary N) is 2. The van der Waals surface area contributed by atoms with E-state index < -0.39 is 23.4 Å². The molecule has 0 saturated heterocycles. The van der Waals surface area contributed by atoms with Crippen LogP contribution in [0.1, 0.15) is 16.1 Å². The van der Waals surface area contributed by atoms with Gasteiger partial charge < -0.3 is 15.0 Å². The number of ether oxygens (including phenoxy) is 1. The molecule has 0 saturated carbocycles. The number of hydrogen-bond donors (Lipinski definition) is 2. The molecule has 0 spiro atoms. The number of aromatic nitrogens is 2. The molecule has 0 aliphatic carbocycles. The summed E-state index contributed by atoms with van der Waals surface area (Å²) >= 11 is 0.913. The molecule has 9 heteroatoms. The van der Waals surface area contributed by atoms with Crippen LogP contribution in [0, 0.1) is 12.7 Å². The van der Waals surface area contributed by atoms with Crippen molar-refractivity contribution in [3.63, 3.8) is 0 Å². The highest BCUT2D eigenvalue weighted by Crippen LogP contribution is 2.22. The first-order valence-electron chi connectivity index (χ1n) is 6.78. The number of thioether (sulfide) groups is 1. The van der Waals surface area contributed by atoms with Crippen molar-refractivity contribution in [3.05, 3.63) is 51.8 Å². The highest BCUT2D eigenvalue weighted by molar-refractivity contribution is 8.00. The lowest BCUT2D eigenvalue weighted by Crippen LogP contribution is -2.20. The number of H-pyrrole nitrogens is 1. The van der Waals surface area contributed by atoms with Crippen molar-refractivity contribution < 1.29 is 18.7 Å². The lowest BCUT2D eigenvalue weighted by molar-refractivity contribution is -0.113. The molecule has 7 nitrogen and oxygen atoms in total. The number of halogens is 1. The van der Waals surface area contributed by atoms with E-state index in [-0.39, 0.29) is 16.3 Å². The Labute approximate surface area is 140 Å². The lowest BCUT2D eigenvalue weighted by Gasteiger charge is -2.09. The molecule has 0 aliphatic heterocycles. The number of rotatable bonds is 5. The van der Waals surface area contributed by atoms with Crippen LogP contribution in [0.2, 0.25) is 0 Å². The number of nitrogens with zero attached hydrogens (tertiary/aromatic N) is 1. The summed E-state index contributed by atoms with van der Waals surface area (Å²) in [5.74, 6) is -1.68. The number of aromatic amines is 1. The molecule has 0 radical (unpaired) electrons. The predicted molar refractivity (Wildman–Crippen MR) is 86.7 cm³/mol. The van der Waals surface area contributed by atoms with Gasteiger partial charge >= 0.3 is 11.7 Å². The number of methoxy groups -OCH3 is 1. The highest BCUT2D eigenvalue weighted by Gasteiger charge is 2.19. The summed E-state index contributed by atoms with van der Waals surface area (Å²) in [6, 6.07) is 5.45. The molecule has 2 rings (SSSR count). The molecule has 0 aliphatic rings. The minimum atomic E-state index is -0.663. The Hall–Kier alpha value is -2.68. The zero-order valence-corrected chi connectivity index (χ0v) is 13.7. The minimum absolute atomic E-state index is 0.0949. The predicted octanol–water partition coefficient (Wildman–Crippen LogP) is 1.73. The van der Waals surface area contributed by atoms with Gasteiger partial charge in [0.1, 0.15) is 16.4 Å². The van der Waals surface area contributed by atoms with Crippen LogP contribution in [0.3, 0.4) is 0 Å². The van der Waals surface area contributed by atoms with Gasteiger partial charge in [-0.05, 0) is 25.1 Å². The number of carbonyl (C=O) groups excluding carboxylic acids is 2. The summed E-state index contributed by atoms with van der Waals surface area (Å²) in [5.41, 5.74) is 0.0765. The number of benzene rings is 1. The summed E-state index contributed by atoms with van der Waals surface area (Å²) in [6.07, 6.45) is 0. The van der Waals surface area contributed by atoms with Crippen LogP contribution in [0.5, 0.6) is 0 Å². The first-order valence-corrected chi connectivity index (χ1v) is 7.76. The molecule has 1 amide bonds. The van der Waals surface area contributed by atoms with Gasteiger partial charge in [-0.25, -0.2) is 14.0 Å². The topological polar surface area (TPSA) is 101 Å². The molecule has 0 unspecified atom stereocenters. The molecule has 2 aromatic rings. The first kappa shape index (κ1) is 17.7. The summed E-state index contributed by atoms with van der Waals surface area (Å²) in [7, 11) is 1.21. The standard InChI is InChI=1S/C15H14FN3O4S/c1-8-12(14(21)23-2)13(19-15(22)17-8)24-7-11(20)18-10-5-3-4-9(16)6-10/h3-6H,7H2,1-2H3,(H,18,20)(H,17,19,22). The molecule has 0 fully saturated rings. The first-order chi connectivity index (χ1) is 11.4. The molecule has 1 aromatic heterocycles.